The van der Waals surface area contributed by atoms with E-state index in [1.54, 1.807) is 7.11 Å². The van der Waals surface area contributed by atoms with E-state index in [0.29, 0.717) is 31.2 Å². The third-order valence-corrected chi connectivity index (χ3v) is 4.82. The van der Waals surface area contributed by atoms with Crippen molar-refractivity contribution in [1.29, 1.82) is 0 Å². The van der Waals surface area contributed by atoms with Gasteiger partial charge in [0, 0.05) is 25.4 Å². The molecule has 0 saturated heterocycles. The number of carboxylic acid groups (broad SMARTS) is 1. The second-order valence-corrected chi connectivity index (χ2v) is 7.86. The van der Waals surface area contributed by atoms with Crippen LogP contribution in [-0.2, 0) is 14.8 Å². The van der Waals surface area contributed by atoms with E-state index in [-0.39, 0.29) is 16.5 Å². The number of methoxy groups -OCH3 is 1. The summed E-state index contributed by atoms with van der Waals surface area (Å²) in [6.45, 7) is 6.55. The summed E-state index contributed by atoms with van der Waals surface area (Å²) >= 11 is 0. The number of benzene rings is 1. The van der Waals surface area contributed by atoms with Crippen molar-refractivity contribution in [2.75, 3.05) is 25.6 Å². The molecular weight excluding hydrogens is 332 g/mol. The molecule has 0 saturated carbocycles. The summed E-state index contributed by atoms with van der Waals surface area (Å²) in [7, 11) is -2.18. The molecule has 1 unspecified atom stereocenters. The van der Waals surface area contributed by atoms with Crippen molar-refractivity contribution in [2.45, 2.75) is 38.1 Å². The summed E-state index contributed by atoms with van der Waals surface area (Å²) in [4.78, 5) is 11.4. The Labute approximate surface area is 143 Å². The van der Waals surface area contributed by atoms with E-state index in [0.717, 1.165) is 0 Å². The van der Waals surface area contributed by atoms with Crippen molar-refractivity contribution < 1.29 is 23.1 Å². The normalized spacial score (nSPS) is 13.0. The molecule has 1 rings (SSSR count). The van der Waals surface area contributed by atoms with Crippen LogP contribution in [0.15, 0.2) is 23.1 Å². The van der Waals surface area contributed by atoms with Crippen molar-refractivity contribution in [1.82, 2.24) is 4.72 Å². The first-order valence-corrected chi connectivity index (χ1v) is 9.28. The molecule has 0 aliphatic heterocycles. The molecule has 1 atom stereocenters. The average molecular weight is 358 g/mol. The minimum Gasteiger partial charge on any atom is -0.478 e. The summed E-state index contributed by atoms with van der Waals surface area (Å²) in [5.74, 6) is -0.822. The Kier molecular flexibility index (Phi) is 7.65. The molecule has 8 heteroatoms. The van der Waals surface area contributed by atoms with Crippen molar-refractivity contribution in [3.8, 4) is 0 Å². The van der Waals surface area contributed by atoms with Gasteiger partial charge in [0.05, 0.1) is 17.1 Å². The Balaban J connectivity index is 3.02. The number of nitrogens with one attached hydrogen (secondary N) is 2. The van der Waals surface area contributed by atoms with Gasteiger partial charge in [0.2, 0.25) is 10.0 Å². The zero-order valence-electron chi connectivity index (χ0n) is 14.5. The van der Waals surface area contributed by atoms with Crippen LogP contribution in [0.3, 0.4) is 0 Å². The van der Waals surface area contributed by atoms with Gasteiger partial charge in [-0.05, 0) is 37.5 Å². The zero-order valence-corrected chi connectivity index (χ0v) is 15.3. The molecule has 1 aromatic rings. The van der Waals surface area contributed by atoms with E-state index in [1.165, 1.54) is 18.2 Å². The summed E-state index contributed by atoms with van der Waals surface area (Å²) in [5.41, 5.74) is 0.262. The SMILES string of the molecule is COCC(C)Nc1ccc(S(=O)(=O)NCCC(C)C)cc1C(=O)O. The summed E-state index contributed by atoms with van der Waals surface area (Å²) in [6.07, 6.45) is 0.708. The number of aromatic carboxylic acids is 1. The molecule has 3 N–H and O–H groups in total. The third kappa shape index (κ3) is 6.10. The first kappa shape index (κ1) is 20.4. The van der Waals surface area contributed by atoms with E-state index in [9.17, 15) is 18.3 Å². The van der Waals surface area contributed by atoms with Gasteiger partial charge in [0.25, 0.3) is 0 Å². The van der Waals surface area contributed by atoms with Crippen LogP contribution >= 0.6 is 0 Å². The van der Waals surface area contributed by atoms with E-state index in [2.05, 4.69) is 10.0 Å². The number of anilines is 1. The molecule has 0 aliphatic carbocycles. The topological polar surface area (TPSA) is 105 Å². The molecule has 0 aliphatic rings. The highest BCUT2D eigenvalue weighted by atomic mass is 32.2. The summed E-state index contributed by atoms with van der Waals surface area (Å²) < 4.78 is 32.1. The number of hydrogen-bond donors (Lipinski definition) is 3. The lowest BCUT2D eigenvalue weighted by Gasteiger charge is -2.17. The quantitative estimate of drug-likeness (QED) is 0.592. The maximum Gasteiger partial charge on any atom is 0.337 e. The first-order valence-electron chi connectivity index (χ1n) is 7.80. The van der Waals surface area contributed by atoms with Crippen molar-refractivity contribution >= 4 is 21.7 Å². The van der Waals surface area contributed by atoms with Gasteiger partial charge < -0.3 is 15.2 Å². The lowest BCUT2D eigenvalue weighted by atomic mass is 10.1. The van der Waals surface area contributed by atoms with Crippen LogP contribution in [0.4, 0.5) is 5.69 Å². The Bertz CT molecular complexity index is 658. The molecule has 0 heterocycles. The van der Waals surface area contributed by atoms with Crippen LogP contribution in [0.1, 0.15) is 37.6 Å². The predicted molar refractivity (Wildman–Crippen MR) is 93.0 cm³/mol. The fraction of sp³-hybridized carbons (Fsp3) is 0.562. The van der Waals surface area contributed by atoms with Crippen molar-refractivity contribution in [3.63, 3.8) is 0 Å². The number of ether oxygens (including phenoxy) is 1. The van der Waals surface area contributed by atoms with Crippen LogP contribution in [0.5, 0.6) is 0 Å². The molecule has 0 fully saturated rings. The van der Waals surface area contributed by atoms with Crippen LogP contribution in [0.2, 0.25) is 0 Å². The smallest absolute Gasteiger partial charge is 0.337 e. The van der Waals surface area contributed by atoms with Gasteiger partial charge in [0.1, 0.15) is 0 Å². The number of hydrogen-bond acceptors (Lipinski definition) is 5. The lowest BCUT2D eigenvalue weighted by molar-refractivity contribution is 0.0697. The average Bonchev–Trinajstić information content (AvgIpc) is 2.46. The minimum atomic E-state index is -3.73. The Morgan fingerprint density at radius 3 is 2.50 bits per heavy atom. The summed E-state index contributed by atoms with van der Waals surface area (Å²) in [6, 6.07) is 3.92. The zero-order chi connectivity index (χ0) is 18.3. The Morgan fingerprint density at radius 2 is 1.96 bits per heavy atom. The number of sulfonamides is 1. The third-order valence-electron chi connectivity index (χ3n) is 3.36. The number of carbonyl (C=O) groups is 1. The van der Waals surface area contributed by atoms with Gasteiger partial charge in [-0.15, -0.1) is 0 Å². The van der Waals surface area contributed by atoms with Crippen molar-refractivity contribution in [3.05, 3.63) is 23.8 Å². The van der Waals surface area contributed by atoms with Gasteiger partial charge in [0.15, 0.2) is 0 Å². The monoisotopic (exact) mass is 358 g/mol. The standard InChI is InChI=1S/C16H26N2O5S/c1-11(2)7-8-17-24(21,22)13-5-6-15(14(9-13)16(19)20)18-12(3)10-23-4/h5-6,9,11-12,17-18H,7-8,10H2,1-4H3,(H,19,20). The van der Waals surface area contributed by atoms with Crippen molar-refractivity contribution in [2.24, 2.45) is 5.92 Å². The molecular formula is C16H26N2O5S. The molecule has 1 aromatic carbocycles. The van der Waals surface area contributed by atoms with Crippen LogP contribution < -0.4 is 10.0 Å². The van der Waals surface area contributed by atoms with Gasteiger partial charge >= 0.3 is 5.97 Å². The fourth-order valence-corrected chi connectivity index (χ4v) is 3.19. The van der Waals surface area contributed by atoms with E-state index >= 15 is 0 Å². The second kappa shape index (κ2) is 9.00. The van der Waals surface area contributed by atoms with Crippen LogP contribution in [0.25, 0.3) is 0 Å². The molecule has 0 amide bonds. The molecule has 0 spiro atoms. The highest BCUT2D eigenvalue weighted by Crippen LogP contribution is 2.21. The van der Waals surface area contributed by atoms with Crippen LogP contribution in [0, 0.1) is 5.92 Å². The number of carboxylic acids is 1. The van der Waals surface area contributed by atoms with E-state index in [1.807, 2.05) is 20.8 Å². The number of rotatable bonds is 10. The molecule has 0 bridgehead atoms. The molecule has 24 heavy (non-hydrogen) atoms. The summed E-state index contributed by atoms with van der Waals surface area (Å²) in [5, 5.41) is 12.4. The van der Waals surface area contributed by atoms with Gasteiger partial charge in [-0.3, -0.25) is 0 Å². The Morgan fingerprint density at radius 1 is 1.29 bits per heavy atom. The Hall–Kier alpha value is -1.64. The van der Waals surface area contributed by atoms with Crippen LogP contribution in [-0.4, -0.2) is 45.8 Å². The fourth-order valence-electron chi connectivity index (χ4n) is 2.12. The van der Waals surface area contributed by atoms with E-state index in [4.69, 9.17) is 4.74 Å². The molecule has 0 aromatic heterocycles. The molecule has 136 valence electrons. The second-order valence-electron chi connectivity index (χ2n) is 6.09. The van der Waals surface area contributed by atoms with Gasteiger partial charge in [-0.1, -0.05) is 13.8 Å². The van der Waals surface area contributed by atoms with Gasteiger partial charge in [-0.2, -0.15) is 0 Å². The largest absolute Gasteiger partial charge is 0.478 e. The predicted octanol–water partition coefficient (Wildman–Crippen LogP) is 2.16. The maximum atomic E-state index is 12.3. The van der Waals surface area contributed by atoms with Gasteiger partial charge in [-0.25, -0.2) is 17.9 Å². The molecule has 0 radical (unpaired) electrons. The lowest BCUT2D eigenvalue weighted by Crippen LogP contribution is -2.26. The highest BCUT2D eigenvalue weighted by Gasteiger charge is 2.19. The molecule has 7 nitrogen and oxygen atoms in total. The minimum absolute atomic E-state index is 0.0615. The van der Waals surface area contributed by atoms with E-state index < -0.39 is 16.0 Å². The maximum absolute atomic E-state index is 12.3. The highest BCUT2D eigenvalue weighted by molar-refractivity contribution is 7.89. The first-order chi connectivity index (χ1) is 11.2.